The van der Waals surface area contributed by atoms with E-state index in [2.05, 4.69) is 14.7 Å². The van der Waals surface area contributed by atoms with Crippen molar-refractivity contribution in [2.45, 2.75) is 6.42 Å². The summed E-state index contributed by atoms with van der Waals surface area (Å²) in [7, 11) is 1.26. The predicted octanol–water partition coefficient (Wildman–Crippen LogP) is 0.664. The van der Waals surface area contributed by atoms with Crippen LogP contribution in [0.15, 0.2) is 47.3 Å². The smallest absolute Gasteiger partial charge is 0.337 e. The summed E-state index contributed by atoms with van der Waals surface area (Å²) in [4.78, 5) is 42.0. The van der Waals surface area contributed by atoms with Gasteiger partial charge in [-0.2, -0.15) is 0 Å². The quantitative estimate of drug-likeness (QED) is 0.700. The van der Waals surface area contributed by atoms with E-state index in [0.29, 0.717) is 16.5 Å². The molecule has 1 N–H and O–H groups in total. The lowest BCUT2D eigenvalue weighted by Crippen LogP contribution is -2.24. The van der Waals surface area contributed by atoms with Crippen molar-refractivity contribution < 1.29 is 19.4 Å². The molecule has 0 saturated heterocycles. The van der Waals surface area contributed by atoms with Crippen molar-refractivity contribution in [3.8, 4) is 0 Å². The highest BCUT2D eigenvalue weighted by Gasteiger charge is 2.11. The Bertz CT molecular complexity index is 1040. The normalized spacial score (nSPS) is 10.6. The molecule has 0 unspecified atom stereocenters. The number of nitrogens with one attached hydrogen (secondary N) is 1. The van der Waals surface area contributed by atoms with E-state index < -0.39 is 11.9 Å². The van der Waals surface area contributed by atoms with Gasteiger partial charge in [-0.05, 0) is 23.8 Å². The third-order valence-corrected chi connectivity index (χ3v) is 3.77. The van der Waals surface area contributed by atoms with E-state index in [9.17, 15) is 19.5 Å². The molecule has 3 rings (SSSR count). The number of H-pyrrole nitrogens is 1. The maximum absolute atomic E-state index is 12.2. The number of fused-ring (bicyclic) bond motifs is 1. The Labute approximate surface area is 141 Å². The molecule has 2 aromatic carbocycles. The molecule has 3 aromatic rings. The number of carbonyl (C=O) groups is 2. The Hall–Kier alpha value is -3.48. The average molecular weight is 337 g/mol. The summed E-state index contributed by atoms with van der Waals surface area (Å²) in [6, 6.07) is 10.8. The molecular formula is C18H13N2O5-. The number of aromatic nitrogens is 2. The number of carboxylic acid groups (broad SMARTS) is 1. The van der Waals surface area contributed by atoms with Gasteiger partial charge < -0.3 is 19.6 Å². The molecule has 0 aliphatic heterocycles. The molecule has 0 radical (unpaired) electrons. The number of aromatic carboxylic acids is 1. The number of rotatable bonds is 4. The lowest BCUT2D eigenvalue weighted by atomic mass is 10.0. The van der Waals surface area contributed by atoms with Gasteiger partial charge in [0.1, 0.15) is 5.82 Å². The minimum absolute atomic E-state index is 0.0357. The van der Waals surface area contributed by atoms with E-state index in [1.165, 1.54) is 31.4 Å². The fourth-order valence-electron chi connectivity index (χ4n) is 2.57. The summed E-state index contributed by atoms with van der Waals surface area (Å²) in [5.41, 5.74) is 0.729. The van der Waals surface area contributed by atoms with Crippen molar-refractivity contribution in [2.75, 3.05) is 7.11 Å². The lowest BCUT2D eigenvalue weighted by molar-refractivity contribution is -0.255. The largest absolute Gasteiger partial charge is 0.545 e. The van der Waals surface area contributed by atoms with Gasteiger partial charge >= 0.3 is 5.97 Å². The van der Waals surface area contributed by atoms with Gasteiger partial charge in [0.25, 0.3) is 5.56 Å². The maximum Gasteiger partial charge on any atom is 0.337 e. The molecule has 0 atom stereocenters. The van der Waals surface area contributed by atoms with Crippen LogP contribution in [0.25, 0.3) is 10.9 Å². The van der Waals surface area contributed by atoms with Crippen LogP contribution in [0.2, 0.25) is 0 Å². The predicted molar refractivity (Wildman–Crippen MR) is 87.3 cm³/mol. The molecule has 0 saturated carbocycles. The van der Waals surface area contributed by atoms with Gasteiger partial charge in [-0.3, -0.25) is 4.79 Å². The standard InChI is InChI=1S/C18H14N2O5/c1-25-18(24)11-6-7-13-14(8-11)19-15(20-16(13)21)9-10-4-2-3-5-12(10)17(22)23/h2-8H,9H2,1H3,(H,22,23)(H,19,20,21)/p-1. The van der Waals surface area contributed by atoms with Crippen LogP contribution in [0, 0.1) is 0 Å². The summed E-state index contributed by atoms with van der Waals surface area (Å²) in [6.45, 7) is 0. The van der Waals surface area contributed by atoms with Crippen molar-refractivity contribution in [3.63, 3.8) is 0 Å². The fraction of sp³-hybridized carbons (Fsp3) is 0.111. The van der Waals surface area contributed by atoms with Gasteiger partial charge in [0, 0.05) is 12.0 Å². The molecule has 1 heterocycles. The molecule has 0 fully saturated rings. The number of nitrogens with zero attached hydrogens (tertiary/aromatic N) is 1. The van der Waals surface area contributed by atoms with Crippen molar-refractivity contribution in [2.24, 2.45) is 0 Å². The van der Waals surface area contributed by atoms with E-state index >= 15 is 0 Å². The number of methoxy groups -OCH3 is 1. The van der Waals surface area contributed by atoms with Gasteiger partial charge in [0.15, 0.2) is 0 Å². The van der Waals surface area contributed by atoms with E-state index in [-0.39, 0.29) is 28.9 Å². The monoisotopic (exact) mass is 337 g/mol. The van der Waals surface area contributed by atoms with Crippen molar-refractivity contribution in [1.82, 2.24) is 9.97 Å². The maximum atomic E-state index is 12.2. The summed E-state index contributed by atoms with van der Waals surface area (Å²) in [5, 5.41) is 11.5. The Balaban J connectivity index is 2.07. The van der Waals surface area contributed by atoms with Crippen molar-refractivity contribution in [1.29, 1.82) is 0 Å². The van der Waals surface area contributed by atoms with Gasteiger partial charge in [0.2, 0.25) is 0 Å². The number of ether oxygens (including phenoxy) is 1. The van der Waals surface area contributed by atoms with Crippen molar-refractivity contribution >= 4 is 22.8 Å². The minimum Gasteiger partial charge on any atom is -0.545 e. The molecule has 7 nitrogen and oxygen atoms in total. The minimum atomic E-state index is -1.30. The van der Waals surface area contributed by atoms with Crippen LogP contribution in [0.3, 0.4) is 0 Å². The van der Waals surface area contributed by atoms with Gasteiger partial charge in [0.05, 0.1) is 29.5 Å². The third kappa shape index (κ3) is 3.25. The molecule has 7 heteroatoms. The summed E-state index contributed by atoms with van der Waals surface area (Å²) in [6.07, 6.45) is 0.109. The molecule has 0 amide bonds. The van der Waals surface area contributed by atoms with Crippen LogP contribution in [0.5, 0.6) is 0 Å². The van der Waals surface area contributed by atoms with E-state index in [1.807, 2.05) is 0 Å². The molecule has 0 bridgehead atoms. The Kier molecular flexibility index (Phi) is 4.30. The lowest BCUT2D eigenvalue weighted by Gasteiger charge is -2.10. The molecule has 0 spiro atoms. The molecular weight excluding hydrogens is 324 g/mol. The Morgan fingerprint density at radius 1 is 1.20 bits per heavy atom. The Morgan fingerprint density at radius 3 is 2.68 bits per heavy atom. The zero-order valence-electron chi connectivity index (χ0n) is 13.2. The van der Waals surface area contributed by atoms with Gasteiger partial charge in [-0.25, -0.2) is 9.78 Å². The number of esters is 1. The van der Waals surface area contributed by atoms with E-state index in [4.69, 9.17) is 0 Å². The molecule has 126 valence electrons. The SMILES string of the molecule is COC(=O)c1ccc2c(=O)[nH]c(Cc3ccccc3C(=O)[O-])nc2c1. The van der Waals surface area contributed by atoms with Crippen LogP contribution in [0.4, 0.5) is 0 Å². The van der Waals surface area contributed by atoms with Crippen LogP contribution < -0.4 is 10.7 Å². The zero-order chi connectivity index (χ0) is 18.0. The number of carbonyl (C=O) groups excluding carboxylic acids is 2. The van der Waals surface area contributed by atoms with E-state index in [1.54, 1.807) is 18.2 Å². The number of hydrogen-bond donors (Lipinski definition) is 1. The first-order chi connectivity index (χ1) is 12.0. The van der Waals surface area contributed by atoms with Gasteiger partial charge in [-0.15, -0.1) is 0 Å². The second kappa shape index (κ2) is 6.56. The number of carboxylic acids is 1. The average Bonchev–Trinajstić information content (AvgIpc) is 2.60. The Morgan fingerprint density at radius 2 is 1.96 bits per heavy atom. The molecule has 1 aromatic heterocycles. The third-order valence-electron chi connectivity index (χ3n) is 3.77. The molecule has 0 aliphatic carbocycles. The highest BCUT2D eigenvalue weighted by atomic mass is 16.5. The topological polar surface area (TPSA) is 112 Å². The van der Waals surface area contributed by atoms with Crippen LogP contribution in [0.1, 0.15) is 32.1 Å². The zero-order valence-corrected chi connectivity index (χ0v) is 13.2. The van der Waals surface area contributed by atoms with E-state index in [0.717, 1.165) is 0 Å². The highest BCUT2D eigenvalue weighted by molar-refractivity contribution is 5.94. The first kappa shape index (κ1) is 16.4. The molecule has 25 heavy (non-hydrogen) atoms. The van der Waals surface area contributed by atoms with Gasteiger partial charge in [-0.1, -0.05) is 24.3 Å². The second-order valence-electron chi connectivity index (χ2n) is 5.36. The van der Waals surface area contributed by atoms with Crippen LogP contribution in [-0.4, -0.2) is 29.0 Å². The number of aromatic amines is 1. The number of hydrogen-bond acceptors (Lipinski definition) is 6. The summed E-state index contributed by atoms with van der Waals surface area (Å²) < 4.78 is 4.66. The van der Waals surface area contributed by atoms with Crippen LogP contribution >= 0.6 is 0 Å². The summed E-state index contributed by atoms with van der Waals surface area (Å²) in [5.74, 6) is -1.55. The fourth-order valence-corrected chi connectivity index (χ4v) is 2.57. The highest BCUT2D eigenvalue weighted by Crippen LogP contribution is 2.15. The van der Waals surface area contributed by atoms with Crippen LogP contribution in [-0.2, 0) is 11.2 Å². The van der Waals surface area contributed by atoms with Crippen molar-refractivity contribution in [3.05, 3.63) is 75.3 Å². The summed E-state index contributed by atoms with van der Waals surface area (Å²) >= 11 is 0. The molecule has 0 aliphatic rings. The number of benzene rings is 2. The first-order valence-corrected chi connectivity index (χ1v) is 7.40. The first-order valence-electron chi connectivity index (χ1n) is 7.40. The second-order valence-corrected chi connectivity index (χ2v) is 5.36.